The molecule has 0 aliphatic carbocycles. The van der Waals surface area contributed by atoms with E-state index in [1.807, 2.05) is 48.7 Å². The van der Waals surface area contributed by atoms with Crippen LogP contribution in [0.2, 0.25) is 0 Å². The van der Waals surface area contributed by atoms with Crippen LogP contribution in [-0.4, -0.2) is 59.6 Å². The highest BCUT2D eigenvalue weighted by Crippen LogP contribution is 2.39. The third-order valence-electron chi connectivity index (χ3n) is 8.56. The van der Waals surface area contributed by atoms with Crippen LogP contribution >= 0.6 is 0 Å². The van der Waals surface area contributed by atoms with Crippen LogP contribution in [0.4, 0.5) is 18.0 Å². The first kappa shape index (κ1) is 30.5. The third-order valence-corrected chi connectivity index (χ3v) is 8.56. The van der Waals surface area contributed by atoms with E-state index in [9.17, 15) is 18.0 Å². The maximum Gasteiger partial charge on any atom is 0.416 e. The van der Waals surface area contributed by atoms with Crippen LogP contribution in [0.5, 0.6) is 11.5 Å². The number of hydrazone groups is 1. The zero-order chi connectivity index (χ0) is 31.6. The van der Waals surface area contributed by atoms with Gasteiger partial charge in [0.1, 0.15) is 18.1 Å². The predicted molar refractivity (Wildman–Crippen MR) is 167 cm³/mol. The van der Waals surface area contributed by atoms with E-state index in [1.54, 1.807) is 7.11 Å². The van der Waals surface area contributed by atoms with Gasteiger partial charge in [-0.15, -0.1) is 0 Å². The Labute approximate surface area is 259 Å². The Kier molecular flexibility index (Phi) is 8.71. The third kappa shape index (κ3) is 6.78. The minimum atomic E-state index is -4.45. The number of nitrogens with two attached hydrogens (primary N) is 1. The lowest BCUT2D eigenvalue weighted by molar-refractivity contribution is -0.137. The lowest BCUT2D eigenvalue weighted by Gasteiger charge is -2.26. The number of halogens is 3. The quantitative estimate of drug-likeness (QED) is 0.223. The number of amides is 2. The Balaban J connectivity index is 1.23. The molecule has 0 bridgehead atoms. The first-order valence-electron chi connectivity index (χ1n) is 15.1. The molecule has 1 unspecified atom stereocenters. The Hall–Kier alpha value is -4.51. The minimum absolute atomic E-state index is 0.286. The lowest BCUT2D eigenvalue weighted by atomic mass is 9.97. The SMILES string of the molecule is COc1ccc2c(c1)c(C1CC(c3ccc(C(F)(F)F)cc3)=NN1C(N)=O)cn2Cc1ccc(OCCN2CCCCC2)cc1. The van der Waals surface area contributed by atoms with Crippen molar-refractivity contribution in [2.45, 2.75) is 44.4 Å². The molecular formula is C34H36F3N5O3. The van der Waals surface area contributed by atoms with E-state index in [2.05, 4.69) is 14.6 Å². The summed E-state index contributed by atoms with van der Waals surface area (Å²) < 4.78 is 53.0. The highest BCUT2D eigenvalue weighted by Gasteiger charge is 2.35. The fraction of sp³-hybridized carbons (Fsp3) is 0.353. The summed E-state index contributed by atoms with van der Waals surface area (Å²) in [5.74, 6) is 1.48. The highest BCUT2D eigenvalue weighted by atomic mass is 19.4. The van der Waals surface area contributed by atoms with Gasteiger partial charge in [0.15, 0.2) is 0 Å². The number of rotatable bonds is 9. The number of primary amides is 1. The van der Waals surface area contributed by atoms with Gasteiger partial charge in [-0.3, -0.25) is 4.90 Å². The van der Waals surface area contributed by atoms with Gasteiger partial charge in [-0.1, -0.05) is 30.7 Å². The summed E-state index contributed by atoms with van der Waals surface area (Å²) in [6.07, 6.45) is 1.65. The largest absolute Gasteiger partial charge is 0.497 e. The van der Waals surface area contributed by atoms with E-state index < -0.39 is 23.8 Å². The van der Waals surface area contributed by atoms with E-state index in [0.29, 0.717) is 30.2 Å². The number of likely N-dealkylation sites (tertiary alicyclic amines) is 1. The molecule has 11 heteroatoms. The molecule has 2 amide bonds. The molecule has 1 atom stereocenters. The number of piperidine rings is 1. The Morgan fingerprint density at radius 3 is 2.36 bits per heavy atom. The van der Waals surface area contributed by atoms with Crippen molar-refractivity contribution in [3.05, 3.63) is 95.2 Å². The van der Waals surface area contributed by atoms with Crippen LogP contribution < -0.4 is 15.2 Å². The molecule has 3 aromatic carbocycles. The highest BCUT2D eigenvalue weighted by molar-refractivity contribution is 6.03. The monoisotopic (exact) mass is 619 g/mol. The van der Waals surface area contributed by atoms with Crippen molar-refractivity contribution in [3.8, 4) is 11.5 Å². The number of fused-ring (bicyclic) bond motifs is 1. The van der Waals surface area contributed by atoms with E-state index >= 15 is 0 Å². The number of aromatic nitrogens is 1. The minimum Gasteiger partial charge on any atom is -0.497 e. The van der Waals surface area contributed by atoms with Crippen molar-refractivity contribution in [1.82, 2.24) is 14.5 Å². The molecule has 1 saturated heterocycles. The Morgan fingerprint density at radius 2 is 1.69 bits per heavy atom. The molecule has 236 valence electrons. The lowest BCUT2D eigenvalue weighted by Crippen LogP contribution is -2.33. The molecule has 0 radical (unpaired) electrons. The Morgan fingerprint density at radius 1 is 0.978 bits per heavy atom. The smallest absolute Gasteiger partial charge is 0.416 e. The van der Waals surface area contributed by atoms with Crippen LogP contribution in [0.15, 0.2) is 78.0 Å². The standard InChI is InChI=1S/C34H36F3N5O3/c1-44-27-13-14-31-28(19-27)29(32-20-30(39-42(32)33(38)43)24-7-9-25(10-8-24)34(35,36)37)22-41(31)21-23-5-11-26(12-6-23)45-18-17-40-15-3-2-4-16-40/h5-14,19,22,32H,2-4,15-18,20-21H2,1H3,(H2,38,43). The number of methoxy groups -OCH3 is 1. The molecule has 3 heterocycles. The van der Waals surface area contributed by atoms with Gasteiger partial charge < -0.3 is 19.8 Å². The van der Waals surface area contributed by atoms with Crippen LogP contribution in [0.3, 0.4) is 0 Å². The number of benzene rings is 3. The average molecular weight is 620 g/mol. The van der Waals surface area contributed by atoms with Crippen molar-refractivity contribution in [2.75, 3.05) is 33.4 Å². The summed E-state index contributed by atoms with van der Waals surface area (Å²) in [5.41, 5.74) is 8.79. The van der Waals surface area contributed by atoms with Gasteiger partial charge in [-0.05, 0) is 79.5 Å². The Bertz CT molecular complexity index is 1680. The van der Waals surface area contributed by atoms with Crippen molar-refractivity contribution in [1.29, 1.82) is 0 Å². The van der Waals surface area contributed by atoms with E-state index in [1.165, 1.54) is 36.4 Å². The summed E-state index contributed by atoms with van der Waals surface area (Å²) >= 11 is 0. The number of hydrogen-bond acceptors (Lipinski definition) is 5. The first-order valence-corrected chi connectivity index (χ1v) is 15.1. The van der Waals surface area contributed by atoms with E-state index in [0.717, 1.165) is 59.5 Å². The molecule has 4 aromatic rings. The topological polar surface area (TPSA) is 85.3 Å². The fourth-order valence-electron chi connectivity index (χ4n) is 6.17. The molecule has 0 saturated carbocycles. The summed E-state index contributed by atoms with van der Waals surface area (Å²) in [4.78, 5) is 15.0. The summed E-state index contributed by atoms with van der Waals surface area (Å²) in [6, 6.07) is 17.3. The number of ether oxygens (including phenoxy) is 2. The van der Waals surface area contributed by atoms with Gasteiger partial charge in [0, 0.05) is 42.2 Å². The van der Waals surface area contributed by atoms with Gasteiger partial charge in [-0.25, -0.2) is 9.80 Å². The molecule has 0 spiro atoms. The molecule has 1 aromatic heterocycles. The van der Waals surface area contributed by atoms with E-state index in [4.69, 9.17) is 15.2 Å². The predicted octanol–water partition coefficient (Wildman–Crippen LogP) is 6.81. The van der Waals surface area contributed by atoms with Crippen molar-refractivity contribution < 1.29 is 27.4 Å². The van der Waals surface area contributed by atoms with Gasteiger partial charge in [0.05, 0.1) is 24.4 Å². The van der Waals surface area contributed by atoms with Crippen LogP contribution in [0, 0.1) is 0 Å². The van der Waals surface area contributed by atoms with Crippen molar-refractivity contribution in [2.24, 2.45) is 10.8 Å². The number of hydrogen-bond donors (Lipinski definition) is 1. The summed E-state index contributed by atoms with van der Waals surface area (Å²) in [6.45, 7) is 4.42. The molecule has 45 heavy (non-hydrogen) atoms. The number of alkyl halides is 3. The summed E-state index contributed by atoms with van der Waals surface area (Å²) in [7, 11) is 1.59. The molecule has 2 aliphatic heterocycles. The zero-order valence-electron chi connectivity index (χ0n) is 25.1. The second-order valence-corrected chi connectivity index (χ2v) is 11.5. The molecule has 1 fully saturated rings. The van der Waals surface area contributed by atoms with Gasteiger partial charge in [0.25, 0.3) is 0 Å². The summed E-state index contributed by atoms with van der Waals surface area (Å²) in [5, 5.41) is 6.53. The van der Waals surface area contributed by atoms with Crippen molar-refractivity contribution in [3.63, 3.8) is 0 Å². The number of carbonyl (C=O) groups excluding carboxylic acids is 1. The normalized spacial score (nSPS) is 17.5. The molecule has 2 N–H and O–H groups in total. The van der Waals surface area contributed by atoms with Crippen LogP contribution in [0.25, 0.3) is 10.9 Å². The van der Waals surface area contributed by atoms with Gasteiger partial charge in [0.2, 0.25) is 0 Å². The molecule has 8 nitrogen and oxygen atoms in total. The zero-order valence-corrected chi connectivity index (χ0v) is 25.1. The van der Waals surface area contributed by atoms with Gasteiger partial charge in [-0.2, -0.15) is 18.3 Å². The van der Waals surface area contributed by atoms with Crippen molar-refractivity contribution >= 4 is 22.6 Å². The first-order chi connectivity index (χ1) is 21.7. The fourth-order valence-corrected chi connectivity index (χ4v) is 6.17. The number of nitrogens with zero attached hydrogens (tertiary/aromatic N) is 4. The molecule has 2 aliphatic rings. The maximum absolute atomic E-state index is 13.1. The van der Waals surface area contributed by atoms with Crippen LogP contribution in [-0.2, 0) is 12.7 Å². The second-order valence-electron chi connectivity index (χ2n) is 11.5. The van der Waals surface area contributed by atoms with Crippen LogP contribution in [0.1, 0.15) is 54.0 Å². The van der Waals surface area contributed by atoms with Gasteiger partial charge >= 0.3 is 12.2 Å². The molecular weight excluding hydrogens is 583 g/mol. The number of carbonyl (C=O) groups is 1. The maximum atomic E-state index is 13.1. The van der Waals surface area contributed by atoms with E-state index in [-0.39, 0.29) is 6.42 Å². The number of urea groups is 1. The molecule has 6 rings (SSSR count). The second kappa shape index (κ2) is 12.8. The average Bonchev–Trinajstić information content (AvgIpc) is 3.64.